The van der Waals surface area contributed by atoms with Gasteiger partial charge in [0.05, 0.1) is 11.1 Å². The number of aromatic nitrogens is 1. The highest BCUT2D eigenvalue weighted by molar-refractivity contribution is 7.11. The van der Waals surface area contributed by atoms with Crippen LogP contribution in [-0.2, 0) is 11.2 Å². The van der Waals surface area contributed by atoms with E-state index < -0.39 is 0 Å². The Labute approximate surface area is 163 Å². The highest BCUT2D eigenvalue weighted by Gasteiger charge is 2.12. The van der Waals surface area contributed by atoms with Crippen LogP contribution in [0.15, 0.2) is 11.2 Å². The summed E-state index contributed by atoms with van der Waals surface area (Å²) in [7, 11) is 0. The molecule has 0 amide bonds. The van der Waals surface area contributed by atoms with E-state index in [1.165, 1.54) is 48.4 Å². The molecule has 1 aliphatic carbocycles. The summed E-state index contributed by atoms with van der Waals surface area (Å²) in [5.74, 6) is 0.916. The number of guanidine groups is 1. The van der Waals surface area contributed by atoms with E-state index in [1.807, 2.05) is 6.20 Å². The van der Waals surface area contributed by atoms with E-state index in [2.05, 4.69) is 34.5 Å². The maximum absolute atomic E-state index is 5.98. The quantitative estimate of drug-likeness (QED) is 0.345. The van der Waals surface area contributed by atoms with Gasteiger partial charge in [0.25, 0.3) is 0 Å². The average Bonchev–Trinajstić information content (AvgIpc) is 3.07. The molecule has 0 unspecified atom stereocenters. The van der Waals surface area contributed by atoms with Crippen LogP contribution in [0.25, 0.3) is 0 Å². The van der Waals surface area contributed by atoms with Gasteiger partial charge < -0.3 is 15.4 Å². The van der Waals surface area contributed by atoms with E-state index in [0.717, 1.165) is 51.5 Å². The molecule has 1 saturated carbocycles. The number of nitrogens with one attached hydrogen (secondary N) is 2. The molecule has 5 nitrogen and oxygen atoms in total. The summed E-state index contributed by atoms with van der Waals surface area (Å²) in [5.41, 5.74) is 0. The first-order chi connectivity index (χ1) is 12.8. The lowest BCUT2D eigenvalue weighted by molar-refractivity contribution is 0.0264. The van der Waals surface area contributed by atoms with Crippen LogP contribution < -0.4 is 10.6 Å². The van der Waals surface area contributed by atoms with Crippen molar-refractivity contribution in [3.8, 4) is 0 Å². The summed E-state index contributed by atoms with van der Waals surface area (Å²) in [6.45, 7) is 7.74. The molecule has 0 atom stereocenters. The first-order valence-corrected chi connectivity index (χ1v) is 11.1. The second-order valence-corrected chi connectivity index (χ2v) is 8.31. The molecule has 0 saturated heterocycles. The number of aryl methyl sites for hydroxylation is 1. The highest BCUT2D eigenvalue weighted by Crippen LogP contribution is 2.20. The Bertz CT molecular complexity index is 512. The van der Waals surface area contributed by atoms with Crippen molar-refractivity contribution in [1.82, 2.24) is 15.6 Å². The third kappa shape index (κ3) is 8.99. The molecule has 1 fully saturated rings. The number of nitrogens with zero attached hydrogens (tertiary/aromatic N) is 2. The van der Waals surface area contributed by atoms with Crippen LogP contribution in [-0.4, -0.2) is 43.3 Å². The molecular weight excluding hydrogens is 344 g/mol. The van der Waals surface area contributed by atoms with Crippen molar-refractivity contribution < 1.29 is 4.74 Å². The van der Waals surface area contributed by atoms with Crippen molar-refractivity contribution in [2.45, 2.75) is 77.7 Å². The Hall–Kier alpha value is -1.14. The molecule has 148 valence electrons. The zero-order valence-electron chi connectivity index (χ0n) is 16.6. The topological polar surface area (TPSA) is 58.5 Å². The Morgan fingerprint density at radius 1 is 1.23 bits per heavy atom. The molecule has 0 radical (unpaired) electrons. The van der Waals surface area contributed by atoms with Gasteiger partial charge in [-0.15, -0.1) is 11.3 Å². The van der Waals surface area contributed by atoms with Crippen molar-refractivity contribution in [3.05, 3.63) is 16.1 Å². The van der Waals surface area contributed by atoms with Crippen molar-refractivity contribution in [2.75, 3.05) is 26.2 Å². The van der Waals surface area contributed by atoms with Crippen LogP contribution in [0.2, 0.25) is 0 Å². The van der Waals surface area contributed by atoms with E-state index >= 15 is 0 Å². The number of aliphatic imine (C=N–C) groups is 1. The number of hydrogen-bond donors (Lipinski definition) is 2. The van der Waals surface area contributed by atoms with Gasteiger partial charge in [-0.1, -0.05) is 19.3 Å². The summed E-state index contributed by atoms with van der Waals surface area (Å²) < 4.78 is 5.98. The molecule has 1 aliphatic rings. The smallest absolute Gasteiger partial charge is 0.191 e. The van der Waals surface area contributed by atoms with E-state index in [0.29, 0.717) is 6.10 Å². The minimum atomic E-state index is 0.535. The number of thiazole rings is 1. The Balaban J connectivity index is 1.52. The summed E-state index contributed by atoms with van der Waals surface area (Å²) in [6, 6.07) is 0. The van der Waals surface area contributed by atoms with E-state index in [9.17, 15) is 0 Å². The highest BCUT2D eigenvalue weighted by atomic mass is 32.1. The third-order valence-corrected chi connectivity index (χ3v) is 5.60. The second-order valence-electron chi connectivity index (χ2n) is 6.99. The number of ether oxygens (including phenoxy) is 1. The SMILES string of the molecule is CCNC(=NCCCCCOC1CCCCC1)NCCc1ncc(C)s1. The molecule has 0 bridgehead atoms. The Morgan fingerprint density at radius 2 is 2.08 bits per heavy atom. The zero-order chi connectivity index (χ0) is 18.5. The molecule has 26 heavy (non-hydrogen) atoms. The van der Waals surface area contributed by atoms with Gasteiger partial charge in [0.1, 0.15) is 0 Å². The van der Waals surface area contributed by atoms with Gasteiger partial charge in [0, 0.05) is 43.7 Å². The molecule has 1 heterocycles. The average molecular weight is 381 g/mol. The molecule has 2 N–H and O–H groups in total. The zero-order valence-corrected chi connectivity index (χ0v) is 17.4. The molecule has 2 rings (SSSR count). The first-order valence-electron chi connectivity index (χ1n) is 10.3. The summed E-state index contributed by atoms with van der Waals surface area (Å²) in [5, 5.41) is 7.90. The standard InChI is InChI=1S/C20H36N4OS/c1-3-21-20(23-14-12-19-24-16-17(2)26-19)22-13-8-5-9-15-25-18-10-6-4-7-11-18/h16,18H,3-15H2,1-2H3,(H2,21,22,23). The minimum Gasteiger partial charge on any atom is -0.378 e. The predicted molar refractivity (Wildman–Crippen MR) is 111 cm³/mol. The fourth-order valence-electron chi connectivity index (χ4n) is 3.21. The molecule has 1 aromatic heterocycles. The van der Waals surface area contributed by atoms with Crippen LogP contribution in [0.4, 0.5) is 0 Å². The summed E-state index contributed by atoms with van der Waals surface area (Å²) in [4.78, 5) is 10.3. The van der Waals surface area contributed by atoms with Crippen molar-refractivity contribution >= 4 is 17.3 Å². The molecule has 1 aromatic rings. The van der Waals surface area contributed by atoms with Crippen molar-refractivity contribution in [3.63, 3.8) is 0 Å². The number of hydrogen-bond acceptors (Lipinski definition) is 4. The fourth-order valence-corrected chi connectivity index (χ4v) is 4.00. The van der Waals surface area contributed by atoms with Gasteiger partial charge in [0.2, 0.25) is 0 Å². The fraction of sp³-hybridized carbons (Fsp3) is 0.800. The van der Waals surface area contributed by atoms with Crippen LogP contribution in [0, 0.1) is 6.92 Å². The van der Waals surface area contributed by atoms with Gasteiger partial charge in [-0.2, -0.15) is 0 Å². The normalized spacial score (nSPS) is 16.0. The monoisotopic (exact) mass is 380 g/mol. The molecule has 6 heteroatoms. The van der Waals surface area contributed by atoms with Gasteiger partial charge in [-0.05, 0) is 46.0 Å². The first kappa shape index (κ1) is 21.2. The Morgan fingerprint density at radius 3 is 2.81 bits per heavy atom. The van der Waals surface area contributed by atoms with Crippen LogP contribution in [0.3, 0.4) is 0 Å². The van der Waals surface area contributed by atoms with Crippen molar-refractivity contribution in [1.29, 1.82) is 0 Å². The predicted octanol–water partition coefficient (Wildman–Crippen LogP) is 4.07. The lowest BCUT2D eigenvalue weighted by Crippen LogP contribution is -2.38. The largest absolute Gasteiger partial charge is 0.378 e. The van der Waals surface area contributed by atoms with Gasteiger partial charge in [-0.25, -0.2) is 4.98 Å². The van der Waals surface area contributed by atoms with Crippen LogP contribution in [0.5, 0.6) is 0 Å². The molecule has 0 spiro atoms. The summed E-state index contributed by atoms with van der Waals surface area (Å²) >= 11 is 1.77. The lowest BCUT2D eigenvalue weighted by atomic mass is 9.98. The maximum Gasteiger partial charge on any atom is 0.191 e. The summed E-state index contributed by atoms with van der Waals surface area (Å²) in [6.07, 6.45) is 13.5. The number of unbranched alkanes of at least 4 members (excludes halogenated alkanes) is 2. The Kier molecular flexibility index (Phi) is 10.7. The van der Waals surface area contributed by atoms with Gasteiger partial charge >= 0.3 is 0 Å². The molecular formula is C20H36N4OS. The molecule has 0 aromatic carbocycles. The minimum absolute atomic E-state index is 0.535. The van der Waals surface area contributed by atoms with E-state index in [1.54, 1.807) is 11.3 Å². The van der Waals surface area contributed by atoms with Crippen LogP contribution in [0.1, 0.15) is 68.2 Å². The van der Waals surface area contributed by atoms with Crippen LogP contribution >= 0.6 is 11.3 Å². The number of rotatable bonds is 11. The van der Waals surface area contributed by atoms with E-state index in [-0.39, 0.29) is 0 Å². The maximum atomic E-state index is 5.98. The second kappa shape index (κ2) is 13.1. The molecule has 0 aliphatic heterocycles. The van der Waals surface area contributed by atoms with E-state index in [4.69, 9.17) is 4.74 Å². The van der Waals surface area contributed by atoms with Gasteiger partial charge in [-0.3, -0.25) is 4.99 Å². The van der Waals surface area contributed by atoms with Gasteiger partial charge in [0.15, 0.2) is 5.96 Å². The lowest BCUT2D eigenvalue weighted by Gasteiger charge is -2.21. The third-order valence-electron chi connectivity index (χ3n) is 4.62. The van der Waals surface area contributed by atoms with Crippen molar-refractivity contribution in [2.24, 2.45) is 4.99 Å².